The van der Waals surface area contributed by atoms with Gasteiger partial charge in [-0.25, -0.2) is 4.98 Å². The minimum absolute atomic E-state index is 0.131. The third-order valence-corrected chi connectivity index (χ3v) is 3.72. The Morgan fingerprint density at radius 2 is 2.17 bits per heavy atom. The summed E-state index contributed by atoms with van der Waals surface area (Å²) in [4.78, 5) is 3.95. The average Bonchev–Trinajstić information content (AvgIpc) is 2.46. The smallest absolute Gasteiger partial charge is 0.140 e. The Labute approximate surface area is 108 Å². The molecular weight excluding hydrogens is 226 g/mol. The van der Waals surface area contributed by atoms with E-state index in [-0.39, 0.29) is 12.1 Å². The minimum Gasteiger partial charge on any atom is -0.394 e. The molecular formula is C14H19N3O. The van der Waals surface area contributed by atoms with Gasteiger partial charge in [-0.1, -0.05) is 19.3 Å². The van der Waals surface area contributed by atoms with Crippen LogP contribution in [0.25, 0.3) is 0 Å². The number of aromatic nitrogens is 1. The summed E-state index contributed by atoms with van der Waals surface area (Å²) in [5.74, 6) is 0. The van der Waals surface area contributed by atoms with Gasteiger partial charge < -0.3 is 10.4 Å². The van der Waals surface area contributed by atoms with Crippen LogP contribution in [0.15, 0.2) is 18.3 Å². The van der Waals surface area contributed by atoms with Crippen LogP contribution in [0, 0.1) is 11.3 Å². The van der Waals surface area contributed by atoms with Crippen molar-refractivity contribution >= 4 is 0 Å². The molecule has 1 aliphatic carbocycles. The maximum absolute atomic E-state index is 9.59. The van der Waals surface area contributed by atoms with Crippen molar-refractivity contribution in [3.05, 3.63) is 29.6 Å². The Morgan fingerprint density at radius 1 is 1.39 bits per heavy atom. The summed E-state index contributed by atoms with van der Waals surface area (Å²) >= 11 is 0. The molecule has 0 aromatic carbocycles. The lowest BCUT2D eigenvalue weighted by Gasteiger charge is -2.36. The maximum Gasteiger partial charge on any atom is 0.140 e. The van der Waals surface area contributed by atoms with Crippen molar-refractivity contribution in [3.8, 4) is 6.07 Å². The van der Waals surface area contributed by atoms with Crippen LogP contribution in [-0.4, -0.2) is 22.2 Å². The molecule has 96 valence electrons. The van der Waals surface area contributed by atoms with Crippen LogP contribution in [0.1, 0.15) is 43.4 Å². The molecule has 1 aromatic rings. The Bertz CT molecular complexity index is 433. The molecule has 1 aromatic heterocycles. The topological polar surface area (TPSA) is 68.9 Å². The molecule has 2 N–H and O–H groups in total. The zero-order valence-electron chi connectivity index (χ0n) is 10.5. The fourth-order valence-corrected chi connectivity index (χ4v) is 2.55. The van der Waals surface area contributed by atoms with Crippen molar-refractivity contribution in [1.82, 2.24) is 10.3 Å². The molecule has 0 unspecified atom stereocenters. The number of pyridine rings is 1. The van der Waals surface area contributed by atoms with Gasteiger partial charge in [0.05, 0.1) is 6.61 Å². The lowest BCUT2D eigenvalue weighted by molar-refractivity contribution is 0.119. The van der Waals surface area contributed by atoms with E-state index in [1.165, 1.54) is 19.3 Å². The highest BCUT2D eigenvalue weighted by molar-refractivity contribution is 5.25. The number of rotatable bonds is 4. The summed E-state index contributed by atoms with van der Waals surface area (Å²) in [6.45, 7) is 0.862. The zero-order valence-corrected chi connectivity index (χ0v) is 10.5. The highest BCUT2D eigenvalue weighted by Gasteiger charge is 2.30. The molecule has 0 radical (unpaired) electrons. The Kier molecular flexibility index (Phi) is 4.29. The number of nitriles is 1. The fraction of sp³-hybridized carbons (Fsp3) is 0.571. The molecule has 1 fully saturated rings. The third kappa shape index (κ3) is 3.06. The maximum atomic E-state index is 9.59. The molecule has 1 heterocycles. The number of nitrogens with zero attached hydrogens (tertiary/aromatic N) is 2. The quantitative estimate of drug-likeness (QED) is 0.847. The van der Waals surface area contributed by atoms with Crippen LogP contribution in [0.4, 0.5) is 0 Å². The fourth-order valence-electron chi connectivity index (χ4n) is 2.55. The van der Waals surface area contributed by atoms with E-state index < -0.39 is 0 Å². The van der Waals surface area contributed by atoms with Gasteiger partial charge in [0.15, 0.2) is 0 Å². The molecule has 4 nitrogen and oxygen atoms in total. The average molecular weight is 245 g/mol. The van der Waals surface area contributed by atoms with Gasteiger partial charge in [-0.3, -0.25) is 0 Å². The molecule has 0 atom stereocenters. The van der Waals surface area contributed by atoms with Crippen LogP contribution in [0.2, 0.25) is 0 Å². The van der Waals surface area contributed by atoms with E-state index in [4.69, 9.17) is 5.26 Å². The van der Waals surface area contributed by atoms with Crippen LogP contribution in [0.5, 0.6) is 0 Å². The summed E-state index contributed by atoms with van der Waals surface area (Å²) in [6.07, 6.45) is 7.32. The predicted molar refractivity (Wildman–Crippen MR) is 68.7 cm³/mol. The summed E-state index contributed by atoms with van der Waals surface area (Å²) in [7, 11) is 0. The first-order valence-corrected chi connectivity index (χ1v) is 6.49. The number of hydrogen-bond donors (Lipinski definition) is 2. The van der Waals surface area contributed by atoms with E-state index in [9.17, 15) is 5.11 Å². The highest BCUT2D eigenvalue weighted by atomic mass is 16.3. The predicted octanol–water partition coefficient (Wildman–Crippen LogP) is 1.74. The highest BCUT2D eigenvalue weighted by Crippen LogP contribution is 2.28. The number of aliphatic hydroxyl groups excluding tert-OH is 1. The van der Waals surface area contributed by atoms with Gasteiger partial charge in [0.1, 0.15) is 11.8 Å². The Hall–Kier alpha value is -1.44. The van der Waals surface area contributed by atoms with Gasteiger partial charge in [-0.2, -0.15) is 5.26 Å². The van der Waals surface area contributed by atoms with Crippen molar-refractivity contribution in [3.63, 3.8) is 0 Å². The SMILES string of the molecule is N#Cc1cc(CNC2(CO)CCCCC2)ccn1. The first-order valence-electron chi connectivity index (χ1n) is 6.49. The van der Waals surface area contributed by atoms with Crippen LogP contribution < -0.4 is 5.32 Å². The van der Waals surface area contributed by atoms with E-state index >= 15 is 0 Å². The van der Waals surface area contributed by atoms with Crippen LogP contribution >= 0.6 is 0 Å². The molecule has 2 rings (SSSR count). The van der Waals surface area contributed by atoms with E-state index in [0.717, 1.165) is 18.4 Å². The monoisotopic (exact) mass is 245 g/mol. The van der Waals surface area contributed by atoms with Gasteiger partial charge in [-0.15, -0.1) is 0 Å². The van der Waals surface area contributed by atoms with E-state index in [2.05, 4.69) is 10.3 Å². The molecule has 18 heavy (non-hydrogen) atoms. The van der Waals surface area contributed by atoms with E-state index in [1.54, 1.807) is 12.3 Å². The summed E-state index contributed by atoms with van der Waals surface area (Å²) in [5.41, 5.74) is 1.35. The van der Waals surface area contributed by atoms with E-state index in [0.29, 0.717) is 12.2 Å². The molecule has 0 saturated heterocycles. The Morgan fingerprint density at radius 3 is 2.83 bits per heavy atom. The first kappa shape index (κ1) is 13.0. The molecule has 0 aliphatic heterocycles. The second-order valence-electron chi connectivity index (χ2n) is 5.01. The summed E-state index contributed by atoms with van der Waals surface area (Å²) in [6, 6.07) is 5.74. The first-order chi connectivity index (χ1) is 8.78. The van der Waals surface area contributed by atoms with Crippen molar-refractivity contribution < 1.29 is 5.11 Å². The normalized spacial score (nSPS) is 18.2. The molecule has 0 bridgehead atoms. The second-order valence-corrected chi connectivity index (χ2v) is 5.01. The molecule has 1 saturated carbocycles. The second kappa shape index (κ2) is 5.94. The van der Waals surface area contributed by atoms with Crippen molar-refractivity contribution in [2.75, 3.05) is 6.61 Å². The minimum atomic E-state index is -0.131. The van der Waals surface area contributed by atoms with Gasteiger partial charge in [-0.05, 0) is 30.5 Å². The standard InChI is InChI=1S/C14H19N3O/c15-9-13-8-12(4-7-16-13)10-17-14(11-18)5-2-1-3-6-14/h4,7-8,17-18H,1-3,5-6,10-11H2. The van der Waals surface area contributed by atoms with Gasteiger partial charge in [0.25, 0.3) is 0 Å². The van der Waals surface area contributed by atoms with Crippen molar-refractivity contribution in [1.29, 1.82) is 5.26 Å². The van der Waals surface area contributed by atoms with Crippen LogP contribution in [0.3, 0.4) is 0 Å². The van der Waals surface area contributed by atoms with Crippen molar-refractivity contribution in [2.45, 2.75) is 44.2 Å². The number of nitrogens with one attached hydrogen (secondary N) is 1. The lowest BCUT2D eigenvalue weighted by atomic mass is 9.82. The largest absolute Gasteiger partial charge is 0.394 e. The van der Waals surface area contributed by atoms with Gasteiger partial charge in [0, 0.05) is 18.3 Å². The molecule has 1 aliphatic rings. The molecule has 4 heteroatoms. The lowest BCUT2D eigenvalue weighted by Crippen LogP contribution is -2.49. The van der Waals surface area contributed by atoms with Gasteiger partial charge >= 0.3 is 0 Å². The van der Waals surface area contributed by atoms with E-state index in [1.807, 2.05) is 12.1 Å². The zero-order chi connectivity index (χ0) is 12.8. The van der Waals surface area contributed by atoms with Gasteiger partial charge in [0.2, 0.25) is 0 Å². The van der Waals surface area contributed by atoms with Crippen molar-refractivity contribution in [2.24, 2.45) is 0 Å². The summed E-state index contributed by atoms with van der Waals surface area (Å²) in [5, 5.41) is 21.9. The molecule has 0 amide bonds. The number of hydrogen-bond acceptors (Lipinski definition) is 4. The third-order valence-electron chi connectivity index (χ3n) is 3.72. The summed E-state index contributed by atoms with van der Waals surface area (Å²) < 4.78 is 0. The van der Waals surface area contributed by atoms with Crippen LogP contribution in [-0.2, 0) is 6.54 Å². The molecule has 0 spiro atoms. The number of aliphatic hydroxyl groups is 1. The Balaban J connectivity index is 1.99.